The van der Waals surface area contributed by atoms with Crippen LogP contribution in [-0.2, 0) is 6.54 Å². The van der Waals surface area contributed by atoms with Crippen molar-refractivity contribution in [2.75, 3.05) is 12.4 Å². The van der Waals surface area contributed by atoms with Gasteiger partial charge in [-0.1, -0.05) is 0 Å². The maximum atomic E-state index is 13.4. The van der Waals surface area contributed by atoms with Crippen LogP contribution in [0.5, 0.6) is 5.75 Å². The molecule has 0 spiro atoms. The molecular formula is C12H11FN2O4. The van der Waals surface area contributed by atoms with E-state index in [0.29, 0.717) is 5.76 Å². The van der Waals surface area contributed by atoms with Gasteiger partial charge in [-0.3, -0.25) is 10.1 Å². The van der Waals surface area contributed by atoms with Gasteiger partial charge in [0.15, 0.2) is 11.6 Å². The van der Waals surface area contributed by atoms with Crippen molar-refractivity contribution in [3.63, 3.8) is 0 Å². The smallest absolute Gasteiger partial charge is 0.295 e. The first-order valence-corrected chi connectivity index (χ1v) is 5.40. The molecule has 0 aliphatic carbocycles. The van der Waals surface area contributed by atoms with Crippen LogP contribution in [0.2, 0.25) is 0 Å². The first-order valence-electron chi connectivity index (χ1n) is 5.40. The third kappa shape index (κ3) is 2.82. The third-order valence-electron chi connectivity index (χ3n) is 2.50. The Balaban J connectivity index is 2.28. The van der Waals surface area contributed by atoms with Gasteiger partial charge < -0.3 is 14.5 Å². The van der Waals surface area contributed by atoms with E-state index in [9.17, 15) is 14.5 Å². The van der Waals surface area contributed by atoms with Gasteiger partial charge in [-0.25, -0.2) is 4.39 Å². The molecule has 0 atom stereocenters. The second kappa shape index (κ2) is 5.38. The van der Waals surface area contributed by atoms with Crippen LogP contribution in [0, 0.1) is 15.9 Å². The fourth-order valence-corrected chi connectivity index (χ4v) is 1.59. The molecule has 2 rings (SSSR count). The zero-order valence-corrected chi connectivity index (χ0v) is 10.1. The SMILES string of the molecule is COc1cc(NCc2ccco2)c([N+](=O)[O-])cc1F. The number of nitrogens with one attached hydrogen (secondary N) is 1. The van der Waals surface area contributed by atoms with Gasteiger partial charge in [-0.15, -0.1) is 0 Å². The van der Waals surface area contributed by atoms with Crippen LogP contribution < -0.4 is 10.1 Å². The van der Waals surface area contributed by atoms with Gasteiger partial charge in [0, 0.05) is 6.07 Å². The standard InChI is InChI=1S/C12H11FN2O4/c1-18-12-6-10(11(15(16)17)5-9(12)13)14-7-8-3-2-4-19-8/h2-6,14H,7H2,1H3. The van der Waals surface area contributed by atoms with Crippen molar-refractivity contribution in [3.8, 4) is 5.75 Å². The number of nitro groups is 1. The summed E-state index contributed by atoms with van der Waals surface area (Å²) in [6.07, 6.45) is 1.50. The van der Waals surface area contributed by atoms with E-state index in [-0.39, 0.29) is 23.7 Å². The molecule has 0 fully saturated rings. The molecule has 7 heteroatoms. The van der Waals surface area contributed by atoms with Gasteiger partial charge in [0.2, 0.25) is 0 Å². The molecule has 1 N–H and O–H groups in total. The molecule has 0 saturated heterocycles. The average Bonchev–Trinajstić information content (AvgIpc) is 2.89. The van der Waals surface area contributed by atoms with Gasteiger partial charge in [0.25, 0.3) is 5.69 Å². The lowest BCUT2D eigenvalue weighted by molar-refractivity contribution is -0.384. The first kappa shape index (κ1) is 12.9. The number of benzene rings is 1. The molecule has 0 radical (unpaired) electrons. The molecule has 0 bridgehead atoms. The molecule has 1 aromatic heterocycles. The molecule has 1 heterocycles. The number of furan rings is 1. The van der Waals surface area contributed by atoms with Gasteiger partial charge in [0.05, 0.1) is 30.9 Å². The van der Waals surface area contributed by atoms with E-state index in [1.807, 2.05) is 0 Å². The second-order valence-corrected chi connectivity index (χ2v) is 3.69. The lowest BCUT2D eigenvalue weighted by Crippen LogP contribution is -2.03. The fourth-order valence-electron chi connectivity index (χ4n) is 1.59. The second-order valence-electron chi connectivity index (χ2n) is 3.69. The van der Waals surface area contributed by atoms with Crippen molar-refractivity contribution < 1.29 is 18.5 Å². The molecule has 6 nitrogen and oxygen atoms in total. The maximum absolute atomic E-state index is 13.4. The summed E-state index contributed by atoms with van der Waals surface area (Å²) >= 11 is 0. The lowest BCUT2D eigenvalue weighted by Gasteiger charge is -2.08. The number of anilines is 1. The Hall–Kier alpha value is -2.57. The van der Waals surface area contributed by atoms with Crippen molar-refractivity contribution in [2.24, 2.45) is 0 Å². The highest BCUT2D eigenvalue weighted by Crippen LogP contribution is 2.32. The minimum Gasteiger partial charge on any atom is -0.494 e. The quantitative estimate of drug-likeness (QED) is 0.665. The van der Waals surface area contributed by atoms with Crippen LogP contribution in [0.25, 0.3) is 0 Å². The Morgan fingerprint density at radius 1 is 1.53 bits per heavy atom. The van der Waals surface area contributed by atoms with Crippen molar-refractivity contribution in [3.05, 3.63) is 52.2 Å². The molecule has 0 amide bonds. The number of rotatable bonds is 5. The highest BCUT2D eigenvalue weighted by atomic mass is 19.1. The van der Waals surface area contributed by atoms with E-state index < -0.39 is 10.7 Å². The van der Waals surface area contributed by atoms with Crippen molar-refractivity contribution >= 4 is 11.4 Å². The predicted octanol–water partition coefficient (Wildman–Crippen LogP) is 2.95. The van der Waals surface area contributed by atoms with Crippen LogP contribution in [0.15, 0.2) is 34.9 Å². The monoisotopic (exact) mass is 266 g/mol. The van der Waals surface area contributed by atoms with E-state index >= 15 is 0 Å². The fraction of sp³-hybridized carbons (Fsp3) is 0.167. The summed E-state index contributed by atoms with van der Waals surface area (Å²) in [5.74, 6) is -0.233. The highest BCUT2D eigenvalue weighted by Gasteiger charge is 2.19. The van der Waals surface area contributed by atoms with Gasteiger partial charge in [0.1, 0.15) is 11.4 Å². The van der Waals surface area contributed by atoms with Crippen molar-refractivity contribution in [2.45, 2.75) is 6.54 Å². The Morgan fingerprint density at radius 3 is 2.89 bits per heavy atom. The Morgan fingerprint density at radius 2 is 2.32 bits per heavy atom. The molecule has 0 unspecified atom stereocenters. The Bertz CT molecular complexity index is 584. The molecule has 0 aliphatic heterocycles. The van der Waals surface area contributed by atoms with Crippen LogP contribution in [0.1, 0.15) is 5.76 Å². The van der Waals surface area contributed by atoms with Crippen LogP contribution in [0.3, 0.4) is 0 Å². The minimum atomic E-state index is -0.780. The zero-order valence-electron chi connectivity index (χ0n) is 10.1. The maximum Gasteiger partial charge on any atom is 0.295 e. The molecular weight excluding hydrogens is 255 g/mol. The topological polar surface area (TPSA) is 77.5 Å². The molecule has 100 valence electrons. The molecule has 2 aromatic rings. The van der Waals surface area contributed by atoms with E-state index in [1.165, 1.54) is 19.4 Å². The number of methoxy groups -OCH3 is 1. The zero-order chi connectivity index (χ0) is 13.8. The Labute approximate surface area is 107 Å². The average molecular weight is 266 g/mol. The largest absolute Gasteiger partial charge is 0.494 e. The van der Waals surface area contributed by atoms with E-state index in [2.05, 4.69) is 5.32 Å². The number of nitrogens with zero attached hydrogens (tertiary/aromatic N) is 1. The number of hydrogen-bond acceptors (Lipinski definition) is 5. The number of nitro benzene ring substituents is 1. The number of hydrogen-bond donors (Lipinski definition) is 1. The first-order chi connectivity index (χ1) is 9.11. The van der Waals surface area contributed by atoms with Gasteiger partial charge in [-0.2, -0.15) is 0 Å². The number of ether oxygens (including phenoxy) is 1. The summed E-state index contributed by atoms with van der Waals surface area (Å²) in [5.41, 5.74) is -0.190. The van der Waals surface area contributed by atoms with E-state index in [1.54, 1.807) is 12.1 Å². The van der Waals surface area contributed by atoms with Crippen molar-refractivity contribution in [1.29, 1.82) is 0 Å². The molecule has 1 aromatic carbocycles. The summed E-state index contributed by atoms with van der Waals surface area (Å²) in [5, 5.41) is 13.7. The van der Waals surface area contributed by atoms with Crippen LogP contribution >= 0.6 is 0 Å². The normalized spacial score (nSPS) is 10.2. The van der Waals surface area contributed by atoms with Crippen LogP contribution in [-0.4, -0.2) is 12.0 Å². The summed E-state index contributed by atoms with van der Waals surface area (Å²) < 4.78 is 23.3. The Kier molecular flexibility index (Phi) is 3.65. The highest BCUT2D eigenvalue weighted by molar-refractivity contribution is 5.64. The number of halogens is 1. The summed E-state index contributed by atoms with van der Waals surface area (Å²) in [7, 11) is 1.29. The minimum absolute atomic E-state index is 0.0625. The third-order valence-corrected chi connectivity index (χ3v) is 2.50. The van der Waals surface area contributed by atoms with Gasteiger partial charge >= 0.3 is 0 Å². The summed E-state index contributed by atoms with van der Waals surface area (Å²) in [6, 6.07) is 5.50. The van der Waals surface area contributed by atoms with Crippen molar-refractivity contribution in [1.82, 2.24) is 0 Å². The summed E-state index contributed by atoms with van der Waals surface area (Å²) in [6.45, 7) is 0.253. The molecule has 0 saturated carbocycles. The van der Waals surface area contributed by atoms with Crippen LogP contribution in [0.4, 0.5) is 15.8 Å². The predicted molar refractivity (Wildman–Crippen MR) is 65.6 cm³/mol. The van der Waals surface area contributed by atoms with Gasteiger partial charge in [-0.05, 0) is 12.1 Å². The van der Waals surface area contributed by atoms with E-state index in [4.69, 9.17) is 9.15 Å². The molecule has 19 heavy (non-hydrogen) atoms. The summed E-state index contributed by atoms with van der Waals surface area (Å²) in [4.78, 5) is 10.2. The van der Waals surface area contributed by atoms with E-state index in [0.717, 1.165) is 6.07 Å². The molecule has 0 aliphatic rings. The lowest BCUT2D eigenvalue weighted by atomic mass is 10.2.